The van der Waals surface area contributed by atoms with Crippen molar-refractivity contribution in [2.24, 2.45) is 0 Å². The van der Waals surface area contributed by atoms with Crippen LogP contribution in [0.2, 0.25) is 0 Å². The Balaban J connectivity index is 1.73. The fourth-order valence-corrected chi connectivity index (χ4v) is 2.95. The van der Waals surface area contributed by atoms with Gasteiger partial charge in [-0.25, -0.2) is 0 Å². The molecule has 0 atom stereocenters. The molecule has 0 saturated carbocycles. The number of hydrogen-bond acceptors (Lipinski definition) is 3. The van der Waals surface area contributed by atoms with Gasteiger partial charge in [-0.3, -0.25) is 0 Å². The molecule has 2 aromatic rings. The highest BCUT2D eigenvalue weighted by atomic mass is 32.1. The van der Waals surface area contributed by atoms with Gasteiger partial charge in [-0.2, -0.15) is 0 Å². The summed E-state index contributed by atoms with van der Waals surface area (Å²) in [7, 11) is 0. The van der Waals surface area contributed by atoms with E-state index in [1.165, 1.54) is 15.3 Å². The van der Waals surface area contributed by atoms with E-state index in [0.29, 0.717) is 6.61 Å². The maximum Gasteiger partial charge on any atom is 0.119 e. The van der Waals surface area contributed by atoms with Crippen molar-refractivity contribution in [3.05, 3.63) is 51.7 Å². The van der Waals surface area contributed by atoms with E-state index in [0.717, 1.165) is 18.8 Å². The normalized spacial score (nSPS) is 11.6. The molecule has 0 saturated heterocycles. The quantitative estimate of drug-likeness (QED) is 0.792. The smallest absolute Gasteiger partial charge is 0.119 e. The van der Waals surface area contributed by atoms with Crippen LogP contribution in [0, 0.1) is 6.92 Å². The first kappa shape index (κ1) is 16.1. The zero-order valence-corrected chi connectivity index (χ0v) is 14.2. The molecule has 1 heterocycles. The molecule has 2 nitrogen and oxygen atoms in total. The predicted molar refractivity (Wildman–Crippen MR) is 91.4 cm³/mol. The molecule has 0 fully saturated rings. The highest BCUT2D eigenvalue weighted by Crippen LogP contribution is 2.25. The van der Waals surface area contributed by atoms with Gasteiger partial charge in [-0.15, -0.1) is 11.3 Å². The standard InChI is InChI=1S/C18H25NOS/c1-14-8-9-17(21-14)13-19-10-11-20-16-7-5-6-15(12-16)18(2,3)4/h5-9,12,19H,10-11,13H2,1-4H3. The lowest BCUT2D eigenvalue weighted by Crippen LogP contribution is -2.20. The molecule has 0 amide bonds. The Morgan fingerprint density at radius 1 is 1.14 bits per heavy atom. The van der Waals surface area contributed by atoms with E-state index in [1.807, 2.05) is 17.4 Å². The lowest BCUT2D eigenvalue weighted by molar-refractivity contribution is 0.313. The fraction of sp³-hybridized carbons (Fsp3) is 0.444. The minimum absolute atomic E-state index is 0.161. The zero-order chi connectivity index (χ0) is 15.3. The SMILES string of the molecule is Cc1ccc(CNCCOc2cccc(C(C)(C)C)c2)s1. The van der Waals surface area contributed by atoms with E-state index in [1.54, 1.807) is 0 Å². The average molecular weight is 303 g/mol. The number of rotatable bonds is 6. The molecule has 3 heteroatoms. The zero-order valence-electron chi connectivity index (χ0n) is 13.4. The molecule has 0 aliphatic carbocycles. The summed E-state index contributed by atoms with van der Waals surface area (Å²) >= 11 is 1.84. The van der Waals surface area contributed by atoms with Crippen molar-refractivity contribution in [2.45, 2.75) is 39.7 Å². The Hall–Kier alpha value is -1.32. The number of aryl methyl sites for hydroxylation is 1. The first-order valence-electron chi connectivity index (χ1n) is 7.44. The summed E-state index contributed by atoms with van der Waals surface area (Å²) in [5.41, 5.74) is 1.47. The summed E-state index contributed by atoms with van der Waals surface area (Å²) in [6.45, 7) is 11.3. The van der Waals surface area contributed by atoms with Crippen molar-refractivity contribution in [2.75, 3.05) is 13.2 Å². The number of benzene rings is 1. The Kier molecular flexibility index (Phi) is 5.43. The van der Waals surface area contributed by atoms with Crippen LogP contribution in [0.15, 0.2) is 36.4 Å². The molecule has 2 rings (SSSR count). The molecule has 1 N–H and O–H groups in total. The number of nitrogens with one attached hydrogen (secondary N) is 1. The van der Waals surface area contributed by atoms with Crippen LogP contribution in [-0.4, -0.2) is 13.2 Å². The molecular formula is C18H25NOS. The second-order valence-electron chi connectivity index (χ2n) is 6.32. The minimum atomic E-state index is 0.161. The van der Waals surface area contributed by atoms with E-state index < -0.39 is 0 Å². The van der Waals surface area contributed by atoms with Crippen LogP contribution in [0.4, 0.5) is 0 Å². The number of hydrogen-bond donors (Lipinski definition) is 1. The molecule has 0 unspecified atom stereocenters. The summed E-state index contributed by atoms with van der Waals surface area (Å²) in [6.07, 6.45) is 0. The molecule has 1 aromatic heterocycles. The summed E-state index contributed by atoms with van der Waals surface area (Å²) < 4.78 is 5.83. The summed E-state index contributed by atoms with van der Waals surface area (Å²) in [5, 5.41) is 3.42. The fourth-order valence-electron chi connectivity index (χ4n) is 2.09. The van der Waals surface area contributed by atoms with Crippen molar-refractivity contribution in [1.82, 2.24) is 5.32 Å². The van der Waals surface area contributed by atoms with E-state index >= 15 is 0 Å². The van der Waals surface area contributed by atoms with Crippen molar-refractivity contribution in [3.63, 3.8) is 0 Å². The van der Waals surface area contributed by atoms with Gasteiger partial charge in [0.1, 0.15) is 12.4 Å². The van der Waals surface area contributed by atoms with Gasteiger partial charge in [0.05, 0.1) is 0 Å². The van der Waals surface area contributed by atoms with Gasteiger partial charge >= 0.3 is 0 Å². The summed E-state index contributed by atoms with van der Waals surface area (Å²) in [4.78, 5) is 2.74. The lowest BCUT2D eigenvalue weighted by Gasteiger charge is -2.19. The van der Waals surface area contributed by atoms with Gasteiger partial charge in [0, 0.05) is 22.8 Å². The van der Waals surface area contributed by atoms with Crippen molar-refractivity contribution < 1.29 is 4.74 Å². The van der Waals surface area contributed by atoms with E-state index in [-0.39, 0.29) is 5.41 Å². The third-order valence-corrected chi connectivity index (χ3v) is 4.34. The number of ether oxygens (including phenoxy) is 1. The Bertz CT molecular complexity index is 569. The molecule has 114 valence electrons. The van der Waals surface area contributed by atoms with E-state index in [4.69, 9.17) is 4.74 Å². The topological polar surface area (TPSA) is 21.3 Å². The predicted octanol–water partition coefficient (Wildman–Crippen LogP) is 4.52. The third kappa shape index (κ3) is 5.18. The van der Waals surface area contributed by atoms with Crippen LogP contribution in [0.1, 0.15) is 36.1 Å². The van der Waals surface area contributed by atoms with Crippen LogP contribution < -0.4 is 10.1 Å². The molecule has 1 aromatic carbocycles. The van der Waals surface area contributed by atoms with E-state index in [9.17, 15) is 0 Å². The third-order valence-electron chi connectivity index (χ3n) is 3.34. The van der Waals surface area contributed by atoms with Crippen LogP contribution in [0.25, 0.3) is 0 Å². The highest BCUT2D eigenvalue weighted by Gasteiger charge is 2.13. The monoisotopic (exact) mass is 303 g/mol. The maximum atomic E-state index is 5.83. The molecule has 21 heavy (non-hydrogen) atoms. The molecule has 0 spiro atoms. The highest BCUT2D eigenvalue weighted by molar-refractivity contribution is 7.11. The molecule has 0 aliphatic heterocycles. The summed E-state index contributed by atoms with van der Waals surface area (Å²) in [5.74, 6) is 0.955. The first-order valence-corrected chi connectivity index (χ1v) is 8.26. The largest absolute Gasteiger partial charge is 0.492 e. The van der Waals surface area contributed by atoms with Crippen LogP contribution >= 0.6 is 11.3 Å². The van der Waals surface area contributed by atoms with Gasteiger partial charge in [-0.1, -0.05) is 32.9 Å². The van der Waals surface area contributed by atoms with Gasteiger partial charge in [0.15, 0.2) is 0 Å². The minimum Gasteiger partial charge on any atom is -0.492 e. The lowest BCUT2D eigenvalue weighted by atomic mass is 9.87. The Labute approximate surface area is 132 Å². The summed E-state index contributed by atoms with van der Waals surface area (Å²) in [6, 6.07) is 12.7. The average Bonchev–Trinajstić information content (AvgIpc) is 2.83. The van der Waals surface area contributed by atoms with Crippen LogP contribution in [0.5, 0.6) is 5.75 Å². The van der Waals surface area contributed by atoms with Crippen molar-refractivity contribution in [1.29, 1.82) is 0 Å². The van der Waals surface area contributed by atoms with Crippen molar-refractivity contribution in [3.8, 4) is 5.75 Å². The molecule has 0 aliphatic rings. The van der Waals surface area contributed by atoms with Crippen molar-refractivity contribution >= 4 is 11.3 Å². The molecule has 0 radical (unpaired) electrons. The number of thiophene rings is 1. The Morgan fingerprint density at radius 2 is 1.95 bits per heavy atom. The van der Waals surface area contributed by atoms with Crippen LogP contribution in [-0.2, 0) is 12.0 Å². The van der Waals surface area contributed by atoms with Gasteiger partial charge < -0.3 is 10.1 Å². The van der Waals surface area contributed by atoms with Crippen LogP contribution in [0.3, 0.4) is 0 Å². The second-order valence-corrected chi connectivity index (χ2v) is 7.69. The molecular weight excluding hydrogens is 278 g/mol. The van der Waals surface area contributed by atoms with Gasteiger partial charge in [0.25, 0.3) is 0 Å². The van der Waals surface area contributed by atoms with Gasteiger partial charge in [-0.05, 0) is 42.2 Å². The first-order chi connectivity index (χ1) is 9.95. The maximum absolute atomic E-state index is 5.83. The molecule has 0 bridgehead atoms. The Morgan fingerprint density at radius 3 is 2.62 bits per heavy atom. The van der Waals surface area contributed by atoms with Gasteiger partial charge in [0.2, 0.25) is 0 Å². The second kappa shape index (κ2) is 7.10. The van der Waals surface area contributed by atoms with E-state index in [2.05, 4.69) is 63.3 Å².